The van der Waals surface area contributed by atoms with Crippen LogP contribution in [-0.2, 0) is 6.54 Å². The number of hydrogen-bond acceptors (Lipinski definition) is 2. The smallest absolute Gasteiger partial charge is 0.173 e. The summed E-state index contributed by atoms with van der Waals surface area (Å²) in [5.41, 5.74) is 4.29. The number of hydrogen-bond donors (Lipinski definition) is 1. The van der Waals surface area contributed by atoms with Crippen molar-refractivity contribution in [2.45, 2.75) is 77.4 Å². The van der Waals surface area contributed by atoms with Gasteiger partial charge in [-0.1, -0.05) is 63.1 Å². The number of fused-ring (bicyclic) bond motifs is 2. The van der Waals surface area contributed by atoms with Gasteiger partial charge in [-0.25, -0.2) is 4.57 Å². The van der Waals surface area contributed by atoms with Gasteiger partial charge in [0.25, 0.3) is 0 Å². The molecular weight excluding hydrogens is 442 g/mol. The summed E-state index contributed by atoms with van der Waals surface area (Å²) in [6.45, 7) is 9.59. The van der Waals surface area contributed by atoms with E-state index in [-0.39, 0.29) is 11.5 Å². The van der Waals surface area contributed by atoms with Gasteiger partial charge in [0.2, 0.25) is 0 Å². The largest absolute Gasteiger partial charge is 0.507 e. The molecule has 2 atom stereocenters. The molecule has 36 heavy (non-hydrogen) atoms. The summed E-state index contributed by atoms with van der Waals surface area (Å²) >= 11 is 0. The summed E-state index contributed by atoms with van der Waals surface area (Å²) in [5, 5.41) is 13.7. The highest BCUT2D eigenvalue weighted by Crippen LogP contribution is 2.49. The van der Waals surface area contributed by atoms with Crippen LogP contribution in [0.15, 0.2) is 79.1 Å². The number of rotatable bonds is 7. The molecule has 0 fully saturated rings. The highest BCUT2D eigenvalue weighted by Gasteiger charge is 2.37. The van der Waals surface area contributed by atoms with E-state index in [0.717, 1.165) is 36.3 Å². The van der Waals surface area contributed by atoms with Crippen molar-refractivity contribution in [1.29, 1.82) is 0 Å². The number of aromatic nitrogens is 1. The summed E-state index contributed by atoms with van der Waals surface area (Å²) < 4.78 is 8.64. The van der Waals surface area contributed by atoms with Gasteiger partial charge in [0.05, 0.1) is 0 Å². The molecule has 0 bridgehead atoms. The van der Waals surface area contributed by atoms with Crippen LogP contribution in [0, 0.1) is 0 Å². The molecule has 2 heterocycles. The lowest BCUT2D eigenvalue weighted by atomic mass is 9.79. The molecule has 1 aliphatic heterocycles. The fourth-order valence-corrected chi connectivity index (χ4v) is 5.60. The van der Waals surface area contributed by atoms with Crippen LogP contribution in [0.3, 0.4) is 0 Å². The van der Waals surface area contributed by atoms with Gasteiger partial charge >= 0.3 is 0 Å². The Balaban J connectivity index is 1.42. The quantitative estimate of drug-likeness (QED) is 0.273. The van der Waals surface area contributed by atoms with Crippen molar-refractivity contribution in [2.75, 3.05) is 0 Å². The van der Waals surface area contributed by atoms with Gasteiger partial charge in [0, 0.05) is 29.2 Å². The minimum Gasteiger partial charge on any atom is -0.507 e. The zero-order valence-corrected chi connectivity index (χ0v) is 22.0. The van der Waals surface area contributed by atoms with E-state index in [1.165, 1.54) is 34.7 Å². The van der Waals surface area contributed by atoms with Crippen LogP contribution >= 0.6 is 0 Å². The number of aromatic hydroxyl groups is 1. The second kappa shape index (κ2) is 9.97. The molecule has 1 aromatic heterocycles. The molecule has 3 aromatic carbocycles. The fraction of sp³-hybridized carbons (Fsp3) is 0.364. The lowest BCUT2D eigenvalue weighted by Gasteiger charge is -2.38. The molecule has 0 amide bonds. The SMILES string of the molecule is CCCCC(C)c1cc(O)c2c(c1)OC(C)(C)CC2c1cc[n+](Cc2ccc3ccccc3c2)cc1. The first-order valence-electron chi connectivity index (χ1n) is 13.4. The Hall–Kier alpha value is -3.33. The predicted octanol–water partition coefficient (Wildman–Crippen LogP) is 7.87. The topological polar surface area (TPSA) is 33.3 Å². The van der Waals surface area contributed by atoms with Crippen LogP contribution in [0.25, 0.3) is 10.8 Å². The molecular formula is C33H38NO2+. The second-order valence-corrected chi connectivity index (χ2v) is 11.1. The zero-order chi connectivity index (χ0) is 25.3. The van der Waals surface area contributed by atoms with Gasteiger partial charge in [-0.3, -0.25) is 0 Å². The lowest BCUT2D eigenvalue weighted by molar-refractivity contribution is -0.688. The molecule has 2 unspecified atom stereocenters. The highest BCUT2D eigenvalue weighted by atomic mass is 16.5. The van der Waals surface area contributed by atoms with Crippen molar-refractivity contribution in [3.63, 3.8) is 0 Å². The monoisotopic (exact) mass is 480 g/mol. The van der Waals surface area contributed by atoms with Crippen molar-refractivity contribution in [3.05, 3.63) is 101 Å². The molecule has 3 nitrogen and oxygen atoms in total. The van der Waals surface area contributed by atoms with E-state index in [1.54, 1.807) is 0 Å². The Bertz CT molecular complexity index is 1360. The number of phenolic OH excluding ortho intramolecular Hbond substituents is 1. The fourth-order valence-electron chi connectivity index (χ4n) is 5.60. The van der Waals surface area contributed by atoms with Gasteiger partial charge in [-0.2, -0.15) is 0 Å². The molecule has 0 spiro atoms. The van der Waals surface area contributed by atoms with Crippen LogP contribution in [0.4, 0.5) is 0 Å². The van der Waals surface area contributed by atoms with E-state index in [1.807, 2.05) is 6.07 Å². The minimum absolute atomic E-state index is 0.0964. The van der Waals surface area contributed by atoms with E-state index in [0.29, 0.717) is 11.7 Å². The van der Waals surface area contributed by atoms with Crippen LogP contribution in [0.1, 0.15) is 87.5 Å². The second-order valence-electron chi connectivity index (χ2n) is 11.1. The molecule has 1 aliphatic rings. The third kappa shape index (κ3) is 5.11. The summed E-state index contributed by atoms with van der Waals surface area (Å²) in [6.07, 6.45) is 8.64. The third-order valence-electron chi connectivity index (χ3n) is 7.63. The van der Waals surface area contributed by atoms with E-state index >= 15 is 0 Å². The number of ether oxygens (including phenoxy) is 1. The molecule has 0 radical (unpaired) electrons. The standard InChI is InChI=1S/C33H37NO2/c1-5-6-9-23(2)28-19-30(35)32-29(21-33(3,4)36-31(32)20-28)26-14-16-34(17-15-26)22-24-12-13-25-10-7-8-11-27(25)18-24/h7-8,10-20,23,29H,5-6,9,21-22H2,1-4H3/p+1. The van der Waals surface area contributed by atoms with Gasteiger partial charge < -0.3 is 9.84 Å². The first kappa shape index (κ1) is 24.4. The summed E-state index contributed by atoms with van der Waals surface area (Å²) in [6, 6.07) is 23.7. The first-order chi connectivity index (χ1) is 17.3. The Morgan fingerprint density at radius 2 is 1.75 bits per heavy atom. The number of pyridine rings is 1. The summed E-state index contributed by atoms with van der Waals surface area (Å²) in [4.78, 5) is 0. The van der Waals surface area contributed by atoms with Crippen molar-refractivity contribution in [3.8, 4) is 11.5 Å². The van der Waals surface area contributed by atoms with Crippen LogP contribution in [-0.4, -0.2) is 10.7 Å². The van der Waals surface area contributed by atoms with Crippen molar-refractivity contribution in [2.24, 2.45) is 0 Å². The maximum absolute atomic E-state index is 11.2. The van der Waals surface area contributed by atoms with Crippen molar-refractivity contribution in [1.82, 2.24) is 0 Å². The maximum Gasteiger partial charge on any atom is 0.173 e. The molecule has 5 rings (SSSR count). The van der Waals surface area contributed by atoms with Crippen LogP contribution in [0.5, 0.6) is 11.5 Å². The van der Waals surface area contributed by atoms with Crippen LogP contribution in [0.2, 0.25) is 0 Å². The van der Waals surface area contributed by atoms with Gasteiger partial charge in [-0.15, -0.1) is 0 Å². The van der Waals surface area contributed by atoms with E-state index in [2.05, 4.69) is 105 Å². The normalized spacial score (nSPS) is 17.4. The minimum atomic E-state index is -0.299. The Morgan fingerprint density at radius 1 is 1.00 bits per heavy atom. The first-order valence-corrected chi connectivity index (χ1v) is 13.4. The maximum atomic E-state index is 11.2. The molecule has 4 aromatic rings. The predicted molar refractivity (Wildman–Crippen MR) is 147 cm³/mol. The molecule has 0 saturated heterocycles. The van der Waals surface area contributed by atoms with E-state index < -0.39 is 0 Å². The highest BCUT2D eigenvalue weighted by molar-refractivity contribution is 5.82. The molecule has 1 N–H and O–H groups in total. The number of benzene rings is 3. The van der Waals surface area contributed by atoms with Gasteiger partial charge in [0.1, 0.15) is 17.1 Å². The van der Waals surface area contributed by atoms with Crippen LogP contribution < -0.4 is 9.30 Å². The van der Waals surface area contributed by atoms with E-state index in [9.17, 15) is 5.11 Å². The number of nitrogens with zero attached hydrogens (tertiary/aromatic N) is 1. The molecule has 3 heteroatoms. The third-order valence-corrected chi connectivity index (χ3v) is 7.63. The Labute approximate surface area is 215 Å². The summed E-state index contributed by atoms with van der Waals surface area (Å²) in [5.74, 6) is 1.69. The molecule has 0 aliphatic carbocycles. The van der Waals surface area contributed by atoms with Crippen molar-refractivity contribution >= 4 is 10.8 Å². The van der Waals surface area contributed by atoms with Crippen molar-refractivity contribution < 1.29 is 14.4 Å². The zero-order valence-electron chi connectivity index (χ0n) is 22.0. The Kier molecular flexibility index (Phi) is 6.75. The Morgan fingerprint density at radius 3 is 2.50 bits per heavy atom. The van der Waals surface area contributed by atoms with Gasteiger partial charge in [0.15, 0.2) is 18.9 Å². The average Bonchev–Trinajstić information content (AvgIpc) is 2.86. The number of unbranched alkanes of at least 4 members (excludes halogenated alkanes) is 1. The summed E-state index contributed by atoms with van der Waals surface area (Å²) in [7, 11) is 0. The lowest BCUT2D eigenvalue weighted by Crippen LogP contribution is -2.36. The van der Waals surface area contributed by atoms with Gasteiger partial charge in [-0.05, 0) is 72.7 Å². The molecule has 186 valence electrons. The van der Waals surface area contributed by atoms with E-state index in [4.69, 9.17) is 4.74 Å². The number of phenols is 1. The average molecular weight is 481 g/mol. The molecule has 0 saturated carbocycles.